The van der Waals surface area contributed by atoms with E-state index in [4.69, 9.17) is 9.47 Å². The molecule has 0 aliphatic carbocycles. The molecule has 0 bridgehead atoms. The number of amides is 1. The number of methoxy groups -OCH3 is 2. The highest BCUT2D eigenvalue weighted by Crippen LogP contribution is 2.41. The minimum absolute atomic E-state index is 0.0135. The summed E-state index contributed by atoms with van der Waals surface area (Å²) in [5.74, 6) is 0.0146. The molecule has 0 spiro atoms. The Kier molecular flexibility index (Phi) is 5.62. The lowest BCUT2D eigenvalue weighted by atomic mass is 10.0. The maximum atomic E-state index is 14.4. The van der Waals surface area contributed by atoms with Gasteiger partial charge in [-0.1, -0.05) is 54.1 Å². The van der Waals surface area contributed by atoms with Gasteiger partial charge in [-0.05, 0) is 36.8 Å². The van der Waals surface area contributed by atoms with Gasteiger partial charge >= 0.3 is 0 Å². The van der Waals surface area contributed by atoms with Gasteiger partial charge in [0.1, 0.15) is 11.9 Å². The number of nitrogens with zero attached hydrogens (tertiary/aromatic N) is 1. The van der Waals surface area contributed by atoms with Gasteiger partial charge in [0.2, 0.25) is 0 Å². The monoisotopic (exact) mass is 418 g/mol. The molecule has 0 unspecified atom stereocenters. The number of hydrogen-bond donors (Lipinski definition) is 1. The van der Waals surface area contributed by atoms with Gasteiger partial charge in [0.05, 0.1) is 25.5 Å². The summed E-state index contributed by atoms with van der Waals surface area (Å²) in [6, 6.07) is 18.9. The van der Waals surface area contributed by atoms with Crippen LogP contribution in [0.5, 0.6) is 11.5 Å². The van der Waals surface area contributed by atoms with Crippen LogP contribution in [-0.4, -0.2) is 25.1 Å². The molecule has 1 N–H and O–H groups in total. The summed E-state index contributed by atoms with van der Waals surface area (Å²) in [6.07, 6.45) is 1.93. The Balaban J connectivity index is 1.82. The smallest absolute Gasteiger partial charge is 0.276 e. The van der Waals surface area contributed by atoms with E-state index in [0.717, 1.165) is 22.4 Å². The van der Waals surface area contributed by atoms with Gasteiger partial charge in [0.25, 0.3) is 5.91 Å². The molecule has 1 aliphatic heterocycles. The van der Waals surface area contributed by atoms with Crippen molar-refractivity contribution in [3.63, 3.8) is 0 Å². The molecule has 3 aromatic carbocycles. The standard InChI is InChI=1S/C25H23FN2O3/c1-16-11-13-17(14-12-16)21-15-22(19-8-6-10-23(30-2)24(19)31-3)28(27-21)25(29)18-7-4-5-9-20(18)26/h4-15,22,27H,1-3H3/t22-/m0/s1. The van der Waals surface area contributed by atoms with Crippen LogP contribution in [0.15, 0.2) is 72.8 Å². The molecule has 31 heavy (non-hydrogen) atoms. The number of benzene rings is 3. The lowest BCUT2D eigenvalue weighted by Crippen LogP contribution is -2.40. The van der Waals surface area contributed by atoms with Crippen LogP contribution in [0.1, 0.15) is 33.1 Å². The predicted octanol–water partition coefficient (Wildman–Crippen LogP) is 4.89. The number of ether oxygens (including phenoxy) is 2. The fourth-order valence-corrected chi connectivity index (χ4v) is 3.68. The van der Waals surface area contributed by atoms with Crippen molar-refractivity contribution in [2.75, 3.05) is 14.2 Å². The first-order valence-electron chi connectivity index (χ1n) is 9.88. The minimum Gasteiger partial charge on any atom is -0.493 e. The number of nitrogens with one attached hydrogen (secondary N) is 1. The second-order valence-corrected chi connectivity index (χ2v) is 7.24. The van der Waals surface area contributed by atoms with Gasteiger partial charge in [0, 0.05) is 5.56 Å². The van der Waals surface area contributed by atoms with E-state index in [1.165, 1.54) is 17.1 Å². The van der Waals surface area contributed by atoms with E-state index >= 15 is 0 Å². The topological polar surface area (TPSA) is 50.8 Å². The molecule has 1 amide bonds. The summed E-state index contributed by atoms with van der Waals surface area (Å²) in [7, 11) is 3.11. The molecule has 1 atom stereocenters. The fraction of sp³-hybridized carbons (Fsp3) is 0.160. The molecule has 4 rings (SSSR count). The molecule has 0 fully saturated rings. The highest BCUT2D eigenvalue weighted by molar-refractivity contribution is 5.96. The Labute approximate surface area is 180 Å². The quantitative estimate of drug-likeness (QED) is 0.641. The summed E-state index contributed by atoms with van der Waals surface area (Å²) in [6.45, 7) is 2.01. The van der Waals surface area contributed by atoms with Crippen LogP contribution < -0.4 is 14.9 Å². The molecule has 1 aliphatic rings. The van der Waals surface area contributed by atoms with Gasteiger partial charge < -0.3 is 9.47 Å². The number of carbonyl (C=O) groups is 1. The Morgan fingerprint density at radius 3 is 2.39 bits per heavy atom. The predicted molar refractivity (Wildman–Crippen MR) is 117 cm³/mol. The average Bonchev–Trinajstić information content (AvgIpc) is 3.24. The summed E-state index contributed by atoms with van der Waals surface area (Å²) in [5, 5.41) is 1.42. The van der Waals surface area contributed by atoms with Gasteiger partial charge in [-0.25, -0.2) is 9.40 Å². The molecular weight excluding hydrogens is 395 g/mol. The molecular formula is C25H23FN2O3. The Bertz CT molecular complexity index is 1140. The van der Waals surface area contributed by atoms with Gasteiger partial charge in [0.15, 0.2) is 11.5 Å². The number of para-hydroxylation sites is 1. The summed E-state index contributed by atoms with van der Waals surface area (Å²) in [4.78, 5) is 13.4. The largest absolute Gasteiger partial charge is 0.493 e. The average molecular weight is 418 g/mol. The van der Waals surface area contributed by atoms with Crippen molar-refractivity contribution in [1.82, 2.24) is 10.4 Å². The number of hydrazine groups is 1. The summed E-state index contributed by atoms with van der Waals surface area (Å²) >= 11 is 0. The molecule has 0 saturated carbocycles. The Morgan fingerprint density at radius 1 is 0.968 bits per heavy atom. The number of rotatable bonds is 5. The van der Waals surface area contributed by atoms with Gasteiger partial charge in [-0.2, -0.15) is 0 Å². The van der Waals surface area contributed by atoms with Gasteiger partial charge in [-0.15, -0.1) is 0 Å². The minimum atomic E-state index is -0.575. The molecule has 0 radical (unpaired) electrons. The first kappa shape index (κ1) is 20.5. The van der Waals surface area contributed by atoms with Crippen molar-refractivity contribution in [3.8, 4) is 11.5 Å². The van der Waals surface area contributed by atoms with Crippen LogP contribution in [0.3, 0.4) is 0 Å². The van der Waals surface area contributed by atoms with Crippen molar-refractivity contribution in [2.45, 2.75) is 13.0 Å². The maximum Gasteiger partial charge on any atom is 0.276 e. The van der Waals surface area contributed by atoms with E-state index in [1.54, 1.807) is 32.4 Å². The molecule has 5 nitrogen and oxygen atoms in total. The lowest BCUT2D eigenvalue weighted by molar-refractivity contribution is 0.0665. The number of hydrogen-bond acceptors (Lipinski definition) is 4. The SMILES string of the molecule is COc1cccc([C@@H]2C=C(c3ccc(C)cc3)NN2C(=O)c2ccccc2F)c1OC. The van der Waals surface area contributed by atoms with Crippen LogP contribution in [0.2, 0.25) is 0 Å². The number of halogens is 1. The van der Waals surface area contributed by atoms with E-state index in [9.17, 15) is 9.18 Å². The van der Waals surface area contributed by atoms with E-state index < -0.39 is 17.8 Å². The Hall–Kier alpha value is -3.80. The summed E-state index contributed by atoms with van der Waals surface area (Å²) in [5.41, 5.74) is 6.68. The zero-order valence-electron chi connectivity index (χ0n) is 17.6. The van der Waals surface area contributed by atoms with E-state index in [1.807, 2.05) is 49.4 Å². The van der Waals surface area contributed by atoms with Gasteiger partial charge in [-0.3, -0.25) is 10.2 Å². The second kappa shape index (κ2) is 8.52. The second-order valence-electron chi connectivity index (χ2n) is 7.24. The van der Waals surface area contributed by atoms with E-state index in [0.29, 0.717) is 11.5 Å². The van der Waals surface area contributed by atoms with Crippen LogP contribution in [0.4, 0.5) is 4.39 Å². The molecule has 6 heteroatoms. The lowest BCUT2D eigenvalue weighted by Gasteiger charge is -2.27. The van der Waals surface area contributed by atoms with Crippen molar-refractivity contribution in [2.24, 2.45) is 0 Å². The first-order valence-corrected chi connectivity index (χ1v) is 9.88. The van der Waals surface area contributed by atoms with E-state index in [2.05, 4.69) is 5.43 Å². The third kappa shape index (κ3) is 3.84. The van der Waals surface area contributed by atoms with Crippen molar-refractivity contribution in [3.05, 3.63) is 101 Å². The number of carbonyl (C=O) groups excluding carboxylic acids is 1. The third-order valence-electron chi connectivity index (χ3n) is 5.28. The van der Waals surface area contributed by atoms with Crippen LogP contribution in [0, 0.1) is 12.7 Å². The van der Waals surface area contributed by atoms with Crippen LogP contribution in [0.25, 0.3) is 5.70 Å². The van der Waals surface area contributed by atoms with E-state index in [-0.39, 0.29) is 5.56 Å². The highest BCUT2D eigenvalue weighted by Gasteiger charge is 2.34. The summed E-state index contributed by atoms with van der Waals surface area (Å²) < 4.78 is 25.4. The molecule has 0 saturated heterocycles. The highest BCUT2D eigenvalue weighted by atomic mass is 19.1. The van der Waals surface area contributed by atoms with Crippen LogP contribution >= 0.6 is 0 Å². The third-order valence-corrected chi connectivity index (χ3v) is 5.28. The normalized spacial score (nSPS) is 15.3. The van der Waals surface area contributed by atoms with Crippen LogP contribution in [-0.2, 0) is 0 Å². The van der Waals surface area contributed by atoms with Crippen molar-refractivity contribution >= 4 is 11.6 Å². The molecule has 0 aromatic heterocycles. The molecule has 158 valence electrons. The first-order chi connectivity index (χ1) is 15.0. The molecule has 3 aromatic rings. The zero-order chi connectivity index (χ0) is 22.0. The number of aryl methyl sites for hydroxylation is 1. The maximum absolute atomic E-state index is 14.4. The zero-order valence-corrected chi connectivity index (χ0v) is 17.6. The molecule has 1 heterocycles. The fourth-order valence-electron chi connectivity index (χ4n) is 3.68. The van der Waals surface area contributed by atoms with Crippen molar-refractivity contribution < 1.29 is 18.7 Å². The van der Waals surface area contributed by atoms with Crippen molar-refractivity contribution in [1.29, 1.82) is 0 Å². The Morgan fingerprint density at radius 2 is 1.71 bits per heavy atom.